The molecule has 1 heterocycles. The van der Waals surface area contributed by atoms with Crippen LogP contribution in [0, 0.1) is 6.92 Å². The molecule has 6 heteroatoms. The highest BCUT2D eigenvalue weighted by Gasteiger charge is 2.10. The lowest BCUT2D eigenvalue weighted by atomic mass is 10.0. The van der Waals surface area contributed by atoms with E-state index in [1.807, 2.05) is 25.1 Å². The molecule has 1 amide bonds. The number of halogens is 2. The van der Waals surface area contributed by atoms with Crippen LogP contribution in [0.3, 0.4) is 0 Å². The zero-order valence-electron chi connectivity index (χ0n) is 14.7. The summed E-state index contributed by atoms with van der Waals surface area (Å²) in [5.41, 5.74) is 3.00. The maximum atomic E-state index is 11.9. The Morgan fingerprint density at radius 1 is 1.28 bits per heavy atom. The molecule has 2 aromatic rings. The van der Waals surface area contributed by atoms with Crippen molar-refractivity contribution in [3.63, 3.8) is 0 Å². The first kappa shape index (κ1) is 19.5. The Kier molecular flexibility index (Phi) is 7.09. The van der Waals surface area contributed by atoms with Crippen LogP contribution in [0.2, 0.25) is 10.2 Å². The first-order chi connectivity index (χ1) is 11.9. The molecule has 0 bridgehead atoms. The lowest BCUT2D eigenvalue weighted by Crippen LogP contribution is -2.23. The number of rotatable bonds is 7. The summed E-state index contributed by atoms with van der Waals surface area (Å²) in [5.74, 6) is 0.386. The van der Waals surface area contributed by atoms with E-state index in [9.17, 15) is 4.79 Å². The smallest absolute Gasteiger partial charge is 0.244 e. The standard InChI is InChI=1S/C19H23Cl2N3O/c1-13(2)16-8-5-15(6-9-16)7-10-17(25)22-11-4-12-24-19(21)18(20)14(3)23-24/h5-10,13H,4,11-12H2,1-3H3,(H,22,25)/b10-7+. The Hall–Kier alpha value is -1.78. The minimum Gasteiger partial charge on any atom is -0.352 e. The fourth-order valence-corrected chi connectivity index (χ4v) is 2.74. The lowest BCUT2D eigenvalue weighted by Gasteiger charge is -2.05. The summed E-state index contributed by atoms with van der Waals surface area (Å²) in [4.78, 5) is 11.9. The molecule has 0 radical (unpaired) electrons. The predicted octanol–water partition coefficient (Wildman–Crippen LogP) is 4.84. The summed E-state index contributed by atoms with van der Waals surface area (Å²) in [6.07, 6.45) is 4.08. The molecule has 0 aliphatic carbocycles. The molecular weight excluding hydrogens is 357 g/mol. The number of hydrogen-bond donors (Lipinski definition) is 1. The maximum Gasteiger partial charge on any atom is 0.244 e. The van der Waals surface area contributed by atoms with E-state index in [-0.39, 0.29) is 5.91 Å². The van der Waals surface area contributed by atoms with Crippen LogP contribution in [0.4, 0.5) is 0 Å². The number of amides is 1. The number of nitrogens with zero attached hydrogens (tertiary/aromatic N) is 2. The quantitative estimate of drug-likeness (QED) is 0.552. The highest BCUT2D eigenvalue weighted by molar-refractivity contribution is 6.41. The molecular formula is C19H23Cl2N3O. The molecule has 134 valence electrons. The molecule has 1 aromatic heterocycles. The molecule has 2 rings (SSSR count). The van der Waals surface area contributed by atoms with Crippen LogP contribution in [0.25, 0.3) is 6.08 Å². The van der Waals surface area contributed by atoms with Gasteiger partial charge in [0.2, 0.25) is 5.91 Å². The number of nitrogens with one attached hydrogen (secondary N) is 1. The van der Waals surface area contributed by atoms with Crippen molar-refractivity contribution < 1.29 is 4.79 Å². The molecule has 4 nitrogen and oxygen atoms in total. The van der Waals surface area contributed by atoms with Crippen molar-refractivity contribution in [2.24, 2.45) is 0 Å². The normalized spacial score (nSPS) is 11.4. The van der Waals surface area contributed by atoms with Crippen molar-refractivity contribution in [3.05, 3.63) is 57.3 Å². The van der Waals surface area contributed by atoms with Gasteiger partial charge in [0, 0.05) is 19.2 Å². The average molecular weight is 380 g/mol. The van der Waals surface area contributed by atoms with Crippen molar-refractivity contribution in [3.8, 4) is 0 Å². The summed E-state index contributed by atoms with van der Waals surface area (Å²) in [6, 6.07) is 8.21. The number of aromatic nitrogens is 2. The molecule has 0 saturated heterocycles. The van der Waals surface area contributed by atoms with Gasteiger partial charge in [0.25, 0.3) is 0 Å². The van der Waals surface area contributed by atoms with Gasteiger partial charge in [0.05, 0.1) is 5.69 Å². The van der Waals surface area contributed by atoms with E-state index in [0.717, 1.165) is 12.0 Å². The third-order valence-electron chi connectivity index (χ3n) is 3.87. The fraction of sp³-hybridized carbons (Fsp3) is 0.368. The van der Waals surface area contributed by atoms with E-state index in [1.54, 1.807) is 10.8 Å². The average Bonchev–Trinajstić information content (AvgIpc) is 2.84. The Morgan fingerprint density at radius 3 is 2.52 bits per heavy atom. The van der Waals surface area contributed by atoms with E-state index in [2.05, 4.69) is 36.4 Å². The van der Waals surface area contributed by atoms with Crippen molar-refractivity contribution in [2.45, 2.75) is 39.7 Å². The minimum absolute atomic E-state index is 0.117. The zero-order valence-corrected chi connectivity index (χ0v) is 16.2. The highest BCUT2D eigenvalue weighted by atomic mass is 35.5. The third kappa shape index (κ3) is 5.62. The maximum absolute atomic E-state index is 11.9. The second-order valence-corrected chi connectivity index (χ2v) is 6.95. The summed E-state index contributed by atoms with van der Waals surface area (Å²) in [7, 11) is 0. The minimum atomic E-state index is -0.117. The van der Waals surface area contributed by atoms with Gasteiger partial charge >= 0.3 is 0 Å². The first-order valence-corrected chi connectivity index (χ1v) is 9.08. The summed E-state index contributed by atoms with van der Waals surface area (Å²) >= 11 is 12.1. The third-order valence-corrected chi connectivity index (χ3v) is 4.81. The number of aryl methyl sites for hydroxylation is 2. The molecule has 0 unspecified atom stereocenters. The van der Waals surface area contributed by atoms with Crippen LogP contribution < -0.4 is 5.32 Å². The molecule has 25 heavy (non-hydrogen) atoms. The Balaban J connectivity index is 1.75. The summed E-state index contributed by atoms with van der Waals surface area (Å²) in [5, 5.41) is 8.02. The van der Waals surface area contributed by atoms with Gasteiger partial charge in [-0.15, -0.1) is 0 Å². The molecule has 0 saturated carbocycles. The Morgan fingerprint density at radius 2 is 1.96 bits per heavy atom. The van der Waals surface area contributed by atoms with Crippen molar-refractivity contribution in [2.75, 3.05) is 6.54 Å². The first-order valence-electron chi connectivity index (χ1n) is 8.32. The Bertz CT molecular complexity index is 749. The molecule has 1 aromatic carbocycles. The van der Waals surface area contributed by atoms with Crippen LogP contribution in [-0.2, 0) is 11.3 Å². The van der Waals surface area contributed by atoms with Gasteiger partial charge in [0.15, 0.2) is 0 Å². The molecule has 1 N–H and O–H groups in total. The van der Waals surface area contributed by atoms with Gasteiger partial charge < -0.3 is 5.32 Å². The van der Waals surface area contributed by atoms with Crippen LogP contribution in [0.15, 0.2) is 30.3 Å². The monoisotopic (exact) mass is 379 g/mol. The van der Waals surface area contributed by atoms with Crippen molar-refractivity contribution in [1.82, 2.24) is 15.1 Å². The van der Waals surface area contributed by atoms with Crippen molar-refractivity contribution in [1.29, 1.82) is 0 Å². The molecule has 0 spiro atoms. The Labute approximate surface area is 158 Å². The van der Waals surface area contributed by atoms with Crippen LogP contribution in [0.1, 0.15) is 43.0 Å². The topological polar surface area (TPSA) is 46.9 Å². The molecule has 0 aliphatic heterocycles. The van der Waals surface area contributed by atoms with Crippen LogP contribution >= 0.6 is 23.2 Å². The SMILES string of the molecule is Cc1nn(CCCNC(=O)/C=C/c2ccc(C(C)C)cc2)c(Cl)c1Cl. The second kappa shape index (κ2) is 9.07. The van der Waals surface area contributed by atoms with Gasteiger partial charge in [0.1, 0.15) is 10.2 Å². The predicted molar refractivity (Wildman–Crippen MR) is 104 cm³/mol. The number of hydrogen-bond acceptors (Lipinski definition) is 2. The summed E-state index contributed by atoms with van der Waals surface area (Å²) < 4.78 is 1.65. The molecule has 0 aliphatic rings. The number of carbonyl (C=O) groups excluding carboxylic acids is 1. The second-order valence-electron chi connectivity index (χ2n) is 6.21. The summed E-state index contributed by atoms with van der Waals surface area (Å²) in [6.45, 7) is 7.27. The molecule has 0 fully saturated rings. The van der Waals surface area contributed by atoms with Gasteiger partial charge in [-0.25, -0.2) is 0 Å². The number of carbonyl (C=O) groups is 1. The van der Waals surface area contributed by atoms with E-state index in [4.69, 9.17) is 23.2 Å². The van der Waals surface area contributed by atoms with E-state index >= 15 is 0 Å². The largest absolute Gasteiger partial charge is 0.352 e. The van der Waals surface area contributed by atoms with Crippen LogP contribution in [0.5, 0.6) is 0 Å². The zero-order chi connectivity index (χ0) is 18.4. The van der Waals surface area contributed by atoms with E-state index < -0.39 is 0 Å². The van der Waals surface area contributed by atoms with Crippen LogP contribution in [-0.4, -0.2) is 22.2 Å². The van der Waals surface area contributed by atoms with Gasteiger partial charge in [-0.2, -0.15) is 5.10 Å². The van der Waals surface area contributed by atoms with E-state index in [1.165, 1.54) is 5.56 Å². The van der Waals surface area contributed by atoms with E-state index in [0.29, 0.717) is 34.9 Å². The molecule has 0 atom stereocenters. The van der Waals surface area contributed by atoms with Crippen molar-refractivity contribution >= 4 is 35.2 Å². The van der Waals surface area contributed by atoms with Gasteiger partial charge in [-0.05, 0) is 36.5 Å². The van der Waals surface area contributed by atoms with Gasteiger partial charge in [-0.3, -0.25) is 9.48 Å². The lowest BCUT2D eigenvalue weighted by molar-refractivity contribution is -0.116. The highest BCUT2D eigenvalue weighted by Crippen LogP contribution is 2.24. The fourth-order valence-electron chi connectivity index (χ4n) is 2.34. The van der Waals surface area contributed by atoms with Gasteiger partial charge in [-0.1, -0.05) is 61.3 Å². The number of benzene rings is 1.